The minimum Gasteiger partial charge on any atom is -0.495 e. The number of sulfonamides is 1. The Kier molecular flexibility index (Phi) is 5.94. The minimum atomic E-state index is -3.77. The number of carbonyl (C=O) groups is 1. The van der Waals surface area contributed by atoms with Gasteiger partial charge in [0.2, 0.25) is 15.9 Å². The fraction of sp³-hybridized carbons (Fsp3) is 0.278. The van der Waals surface area contributed by atoms with Crippen LogP contribution in [0, 0.1) is 0 Å². The van der Waals surface area contributed by atoms with Crippen molar-refractivity contribution in [2.45, 2.75) is 4.90 Å². The summed E-state index contributed by atoms with van der Waals surface area (Å²) in [5, 5.41) is 2.64. The van der Waals surface area contributed by atoms with Crippen LogP contribution in [0.25, 0.3) is 6.08 Å². The molecule has 8 nitrogen and oxygen atoms in total. The first-order chi connectivity index (χ1) is 13.0. The molecule has 0 unspecified atom stereocenters. The van der Waals surface area contributed by atoms with Gasteiger partial charge in [0, 0.05) is 24.9 Å². The lowest BCUT2D eigenvalue weighted by molar-refractivity contribution is -0.111. The molecule has 0 spiro atoms. The molecule has 0 bridgehead atoms. The summed E-state index contributed by atoms with van der Waals surface area (Å²) in [5.41, 5.74) is 0.344. The Bertz CT molecular complexity index is 915. The second-order valence-corrected chi connectivity index (χ2v) is 7.63. The first-order valence-electron chi connectivity index (χ1n) is 8.29. The van der Waals surface area contributed by atoms with Gasteiger partial charge in [0.1, 0.15) is 16.4 Å². The van der Waals surface area contributed by atoms with E-state index in [-0.39, 0.29) is 23.7 Å². The fourth-order valence-electron chi connectivity index (χ4n) is 2.61. The quantitative estimate of drug-likeness (QED) is 0.755. The van der Waals surface area contributed by atoms with Crippen LogP contribution in [0.5, 0.6) is 5.75 Å². The molecule has 0 atom stereocenters. The first-order valence-corrected chi connectivity index (χ1v) is 9.73. The average molecular weight is 392 g/mol. The number of methoxy groups -OCH3 is 1. The molecule has 1 aliphatic rings. The SMILES string of the molecule is COc1ccc(NC(=O)/C=C/c2ccco2)cc1S(=O)(=O)N1CCOCC1. The zero-order valence-corrected chi connectivity index (χ0v) is 15.6. The molecule has 0 radical (unpaired) electrons. The number of anilines is 1. The summed E-state index contributed by atoms with van der Waals surface area (Å²) in [5.74, 6) is 0.340. The van der Waals surface area contributed by atoms with Crippen molar-refractivity contribution in [3.05, 3.63) is 48.4 Å². The Labute approximate surface area is 157 Å². The van der Waals surface area contributed by atoms with Crippen LogP contribution >= 0.6 is 0 Å². The lowest BCUT2D eigenvalue weighted by atomic mass is 10.3. The Morgan fingerprint density at radius 3 is 2.70 bits per heavy atom. The molecular weight excluding hydrogens is 372 g/mol. The molecule has 1 aliphatic heterocycles. The van der Waals surface area contributed by atoms with E-state index < -0.39 is 15.9 Å². The maximum Gasteiger partial charge on any atom is 0.248 e. The summed E-state index contributed by atoms with van der Waals surface area (Å²) in [6, 6.07) is 7.91. The predicted octanol–water partition coefficient (Wildman–Crippen LogP) is 1.96. The Balaban J connectivity index is 1.81. The van der Waals surface area contributed by atoms with E-state index >= 15 is 0 Å². The number of carbonyl (C=O) groups excluding carboxylic acids is 1. The number of benzene rings is 1. The van der Waals surface area contributed by atoms with E-state index in [1.54, 1.807) is 18.2 Å². The number of rotatable bonds is 6. The zero-order valence-electron chi connectivity index (χ0n) is 14.8. The van der Waals surface area contributed by atoms with Crippen LogP contribution in [0.15, 0.2) is 52.0 Å². The Morgan fingerprint density at radius 2 is 2.04 bits per heavy atom. The smallest absolute Gasteiger partial charge is 0.248 e. The van der Waals surface area contributed by atoms with E-state index in [0.717, 1.165) is 0 Å². The monoisotopic (exact) mass is 392 g/mol. The number of ether oxygens (including phenoxy) is 2. The standard InChI is InChI=1S/C18H20N2O6S/c1-24-16-6-4-14(19-18(21)7-5-15-3-2-10-26-15)13-17(16)27(22,23)20-8-11-25-12-9-20/h2-7,10,13H,8-9,11-12H2,1H3,(H,19,21)/b7-5+. The summed E-state index contributed by atoms with van der Waals surface area (Å²) in [7, 11) is -2.37. The van der Waals surface area contributed by atoms with Crippen molar-refractivity contribution >= 4 is 27.7 Å². The highest BCUT2D eigenvalue weighted by Gasteiger charge is 2.29. The lowest BCUT2D eigenvalue weighted by Crippen LogP contribution is -2.40. The molecule has 27 heavy (non-hydrogen) atoms. The van der Waals surface area contributed by atoms with E-state index in [9.17, 15) is 13.2 Å². The lowest BCUT2D eigenvalue weighted by Gasteiger charge is -2.26. The molecule has 1 saturated heterocycles. The average Bonchev–Trinajstić information content (AvgIpc) is 3.21. The molecule has 1 fully saturated rings. The van der Waals surface area contributed by atoms with Crippen molar-refractivity contribution < 1.29 is 27.1 Å². The van der Waals surface area contributed by atoms with Gasteiger partial charge < -0.3 is 19.2 Å². The number of hydrogen-bond acceptors (Lipinski definition) is 6. The molecule has 2 aromatic rings. The third-order valence-electron chi connectivity index (χ3n) is 3.96. The molecular formula is C18H20N2O6S. The van der Waals surface area contributed by atoms with Crippen molar-refractivity contribution in [1.82, 2.24) is 4.31 Å². The van der Waals surface area contributed by atoms with Crippen molar-refractivity contribution in [1.29, 1.82) is 0 Å². The molecule has 2 heterocycles. The third-order valence-corrected chi connectivity index (χ3v) is 5.88. The van der Waals surface area contributed by atoms with Crippen molar-refractivity contribution in [2.24, 2.45) is 0 Å². The molecule has 1 N–H and O–H groups in total. The fourth-order valence-corrected chi connectivity index (χ4v) is 4.20. The minimum absolute atomic E-state index is 0.000265. The van der Waals surface area contributed by atoms with Gasteiger partial charge in [-0.2, -0.15) is 4.31 Å². The molecule has 9 heteroatoms. The summed E-state index contributed by atoms with van der Waals surface area (Å²) >= 11 is 0. The van der Waals surface area contributed by atoms with Crippen LogP contribution in [0.2, 0.25) is 0 Å². The highest BCUT2D eigenvalue weighted by Crippen LogP contribution is 2.30. The van der Waals surface area contributed by atoms with E-state index in [1.165, 1.54) is 42.0 Å². The second-order valence-electron chi connectivity index (χ2n) is 5.72. The summed E-state index contributed by atoms with van der Waals surface area (Å²) < 4.78 is 42.8. The van der Waals surface area contributed by atoms with Gasteiger partial charge >= 0.3 is 0 Å². The molecule has 0 aliphatic carbocycles. The normalized spacial score (nSPS) is 15.7. The van der Waals surface area contributed by atoms with Gasteiger partial charge in [-0.3, -0.25) is 4.79 Å². The number of morpholine rings is 1. The number of hydrogen-bond donors (Lipinski definition) is 1. The maximum atomic E-state index is 12.9. The highest BCUT2D eigenvalue weighted by molar-refractivity contribution is 7.89. The van der Waals surface area contributed by atoms with Crippen LogP contribution in [-0.2, 0) is 19.6 Å². The first kappa shape index (κ1) is 19.2. The van der Waals surface area contributed by atoms with E-state index in [2.05, 4.69) is 5.32 Å². The van der Waals surface area contributed by atoms with Crippen molar-refractivity contribution in [3.8, 4) is 5.75 Å². The van der Waals surface area contributed by atoms with Gasteiger partial charge in [-0.25, -0.2) is 8.42 Å². The predicted molar refractivity (Wildman–Crippen MR) is 98.9 cm³/mol. The number of furan rings is 1. The molecule has 1 aromatic heterocycles. The van der Waals surface area contributed by atoms with Gasteiger partial charge in [-0.1, -0.05) is 0 Å². The maximum absolute atomic E-state index is 12.9. The van der Waals surface area contributed by atoms with Gasteiger partial charge in [0.15, 0.2) is 0 Å². The summed E-state index contributed by atoms with van der Waals surface area (Å²) in [6.07, 6.45) is 4.33. The summed E-state index contributed by atoms with van der Waals surface area (Å²) in [6.45, 7) is 1.23. The van der Waals surface area contributed by atoms with Gasteiger partial charge in [-0.15, -0.1) is 0 Å². The molecule has 0 saturated carbocycles. The number of amides is 1. The Morgan fingerprint density at radius 1 is 1.26 bits per heavy atom. The molecule has 1 amide bonds. The number of nitrogens with one attached hydrogen (secondary N) is 1. The highest BCUT2D eigenvalue weighted by atomic mass is 32.2. The molecule has 144 valence electrons. The van der Waals surface area contributed by atoms with Gasteiger partial charge in [0.05, 0.1) is 26.6 Å². The largest absolute Gasteiger partial charge is 0.495 e. The molecule has 1 aromatic carbocycles. The van der Waals surface area contributed by atoms with Crippen molar-refractivity contribution in [2.75, 3.05) is 38.7 Å². The number of nitrogens with zero attached hydrogens (tertiary/aromatic N) is 1. The third kappa shape index (κ3) is 4.57. The molecule has 3 rings (SSSR count). The zero-order chi connectivity index (χ0) is 19.3. The van der Waals surface area contributed by atoms with Crippen LogP contribution in [-0.4, -0.2) is 52.0 Å². The van der Waals surface area contributed by atoms with Crippen LogP contribution in [0.4, 0.5) is 5.69 Å². The Hall–Kier alpha value is -2.62. The van der Waals surface area contributed by atoms with E-state index in [4.69, 9.17) is 13.9 Å². The van der Waals surface area contributed by atoms with E-state index in [1.807, 2.05) is 0 Å². The van der Waals surface area contributed by atoms with Gasteiger partial charge in [0.25, 0.3) is 0 Å². The van der Waals surface area contributed by atoms with Crippen LogP contribution < -0.4 is 10.1 Å². The van der Waals surface area contributed by atoms with Crippen LogP contribution in [0.1, 0.15) is 5.76 Å². The van der Waals surface area contributed by atoms with Crippen LogP contribution in [0.3, 0.4) is 0 Å². The van der Waals surface area contributed by atoms with E-state index in [0.29, 0.717) is 24.7 Å². The van der Waals surface area contributed by atoms with Gasteiger partial charge in [-0.05, 0) is 36.4 Å². The summed E-state index contributed by atoms with van der Waals surface area (Å²) in [4.78, 5) is 12.1. The van der Waals surface area contributed by atoms with Crippen molar-refractivity contribution in [3.63, 3.8) is 0 Å². The topological polar surface area (TPSA) is 98.1 Å². The second kappa shape index (κ2) is 8.38.